The van der Waals surface area contributed by atoms with E-state index in [9.17, 15) is 9.18 Å². The first-order valence-corrected chi connectivity index (χ1v) is 3.52. The van der Waals surface area contributed by atoms with Crippen LogP contribution in [-0.2, 0) is 0 Å². The van der Waals surface area contributed by atoms with Gasteiger partial charge < -0.3 is 5.73 Å². The van der Waals surface area contributed by atoms with Crippen molar-refractivity contribution in [3.63, 3.8) is 0 Å². The van der Waals surface area contributed by atoms with Gasteiger partial charge in [-0.15, -0.1) is 0 Å². The van der Waals surface area contributed by atoms with Gasteiger partial charge in [-0.05, 0) is 28.1 Å². The molecule has 0 unspecified atom stereocenters. The molecule has 1 aromatic rings. The van der Waals surface area contributed by atoms with Crippen LogP contribution in [-0.4, -0.2) is 10.9 Å². The molecule has 0 saturated heterocycles. The number of primary amides is 1. The van der Waals surface area contributed by atoms with Crippen LogP contribution in [0.25, 0.3) is 0 Å². The minimum absolute atomic E-state index is 0.00574. The quantitative estimate of drug-likeness (QED) is 0.718. The Hall–Kier alpha value is -0.970. The summed E-state index contributed by atoms with van der Waals surface area (Å²) in [6.07, 6.45) is 0. The molecule has 5 heteroatoms. The maximum Gasteiger partial charge on any atom is 0.267 e. The Kier molecular flexibility index (Phi) is 2.19. The molecule has 0 aliphatic heterocycles. The molecule has 0 aliphatic carbocycles. The summed E-state index contributed by atoms with van der Waals surface area (Å²) < 4.78 is 12.5. The normalized spacial score (nSPS) is 9.64. The van der Waals surface area contributed by atoms with Gasteiger partial charge in [-0.3, -0.25) is 4.79 Å². The number of carbonyl (C=O) groups excluding carboxylic acids is 1. The monoisotopic (exact) mass is 218 g/mol. The van der Waals surface area contributed by atoms with E-state index in [1.54, 1.807) is 0 Å². The van der Waals surface area contributed by atoms with Crippen LogP contribution in [0.2, 0.25) is 0 Å². The fraction of sp³-hybridized carbons (Fsp3) is 0. The van der Waals surface area contributed by atoms with E-state index < -0.39 is 11.7 Å². The maximum atomic E-state index is 12.5. The van der Waals surface area contributed by atoms with Crippen LogP contribution in [0.3, 0.4) is 0 Å². The third-order valence-electron chi connectivity index (χ3n) is 1.06. The molecule has 0 spiro atoms. The lowest BCUT2D eigenvalue weighted by atomic mass is 10.3. The Bertz CT molecular complexity index is 303. The number of pyridine rings is 1. The van der Waals surface area contributed by atoms with Crippen molar-refractivity contribution in [3.8, 4) is 0 Å². The lowest BCUT2D eigenvalue weighted by Gasteiger charge is -1.95. The van der Waals surface area contributed by atoms with Crippen LogP contribution < -0.4 is 5.73 Å². The Morgan fingerprint density at radius 2 is 2.27 bits per heavy atom. The second kappa shape index (κ2) is 2.96. The van der Waals surface area contributed by atoms with Gasteiger partial charge in [0.05, 0.1) is 0 Å². The first kappa shape index (κ1) is 8.13. The van der Waals surface area contributed by atoms with Crippen LogP contribution in [0.5, 0.6) is 0 Å². The van der Waals surface area contributed by atoms with E-state index >= 15 is 0 Å². The fourth-order valence-corrected chi connectivity index (χ4v) is 0.878. The lowest BCUT2D eigenvalue weighted by Crippen LogP contribution is -2.13. The Morgan fingerprint density at radius 3 is 2.73 bits per heavy atom. The molecule has 1 heterocycles. The fourth-order valence-electron chi connectivity index (χ4n) is 0.555. The molecule has 0 atom stereocenters. The van der Waals surface area contributed by atoms with E-state index in [0.717, 1.165) is 6.07 Å². The third-order valence-corrected chi connectivity index (χ3v) is 1.61. The topological polar surface area (TPSA) is 56.0 Å². The van der Waals surface area contributed by atoms with Gasteiger partial charge in [0.15, 0.2) is 5.82 Å². The minimum atomic E-state index is -0.675. The number of amides is 1. The summed E-state index contributed by atoms with van der Waals surface area (Å²) in [4.78, 5) is 14.0. The molecule has 1 amide bonds. The zero-order valence-corrected chi connectivity index (χ0v) is 6.93. The molecule has 2 N–H and O–H groups in total. The highest BCUT2D eigenvalue weighted by Crippen LogP contribution is 2.11. The third kappa shape index (κ3) is 1.74. The second-order valence-corrected chi connectivity index (χ2v) is 2.58. The summed E-state index contributed by atoms with van der Waals surface area (Å²) in [5.74, 6) is -1.19. The van der Waals surface area contributed by atoms with Gasteiger partial charge >= 0.3 is 0 Å². The van der Waals surface area contributed by atoms with Gasteiger partial charge in [0, 0.05) is 0 Å². The highest BCUT2D eigenvalue weighted by Gasteiger charge is 2.05. The summed E-state index contributed by atoms with van der Waals surface area (Å²) in [6, 6.07) is 2.35. The minimum Gasteiger partial charge on any atom is -0.364 e. The van der Waals surface area contributed by atoms with Crippen LogP contribution in [0.1, 0.15) is 10.5 Å². The van der Waals surface area contributed by atoms with E-state index in [4.69, 9.17) is 5.73 Å². The molecule has 0 bridgehead atoms. The molecular weight excluding hydrogens is 215 g/mol. The smallest absolute Gasteiger partial charge is 0.267 e. The highest BCUT2D eigenvalue weighted by molar-refractivity contribution is 9.10. The summed E-state index contributed by atoms with van der Waals surface area (Å²) in [6.45, 7) is 0. The average molecular weight is 219 g/mol. The average Bonchev–Trinajstić information content (AvgIpc) is 1.94. The van der Waals surface area contributed by atoms with Crippen molar-refractivity contribution in [2.75, 3.05) is 0 Å². The van der Waals surface area contributed by atoms with Crippen LogP contribution in [0, 0.1) is 5.82 Å². The number of aromatic nitrogens is 1. The lowest BCUT2D eigenvalue weighted by molar-refractivity contribution is 0.0995. The molecule has 1 aromatic heterocycles. The van der Waals surface area contributed by atoms with Gasteiger partial charge in [0.2, 0.25) is 0 Å². The van der Waals surface area contributed by atoms with Crippen molar-refractivity contribution in [3.05, 3.63) is 28.2 Å². The molecule has 11 heavy (non-hydrogen) atoms. The van der Waals surface area contributed by atoms with Crippen molar-refractivity contribution in [1.29, 1.82) is 0 Å². The summed E-state index contributed by atoms with van der Waals surface area (Å²) in [7, 11) is 0. The molecule has 0 aromatic carbocycles. The SMILES string of the molecule is NC(=O)c1ccc(F)c(Br)n1. The second-order valence-electron chi connectivity index (χ2n) is 1.83. The van der Waals surface area contributed by atoms with Crippen molar-refractivity contribution < 1.29 is 9.18 Å². The van der Waals surface area contributed by atoms with Crippen molar-refractivity contribution in [2.24, 2.45) is 5.73 Å². The highest BCUT2D eigenvalue weighted by atomic mass is 79.9. The first-order valence-electron chi connectivity index (χ1n) is 2.73. The van der Waals surface area contributed by atoms with Crippen LogP contribution in [0.15, 0.2) is 16.7 Å². The standard InChI is InChI=1S/C6H4BrFN2O/c7-5-3(8)1-2-4(10-5)6(9)11/h1-2H,(H2,9,11). The van der Waals surface area contributed by atoms with Gasteiger partial charge in [-0.1, -0.05) is 0 Å². The van der Waals surface area contributed by atoms with Crippen molar-refractivity contribution >= 4 is 21.8 Å². The number of carbonyl (C=O) groups is 1. The van der Waals surface area contributed by atoms with E-state index in [-0.39, 0.29) is 10.3 Å². The molecule has 58 valence electrons. The number of nitrogens with zero attached hydrogens (tertiary/aromatic N) is 1. The first-order chi connectivity index (χ1) is 5.11. The van der Waals surface area contributed by atoms with E-state index in [2.05, 4.69) is 20.9 Å². The molecule has 0 radical (unpaired) electrons. The predicted molar refractivity (Wildman–Crippen MR) is 40.4 cm³/mol. The Labute approximate surface area is 70.6 Å². The number of nitrogens with two attached hydrogens (primary N) is 1. The largest absolute Gasteiger partial charge is 0.364 e. The molecular formula is C6H4BrFN2O. The molecule has 0 fully saturated rings. The molecule has 0 aliphatic rings. The number of halogens is 2. The number of rotatable bonds is 1. The van der Waals surface area contributed by atoms with E-state index in [1.807, 2.05) is 0 Å². The number of hydrogen-bond donors (Lipinski definition) is 1. The number of hydrogen-bond acceptors (Lipinski definition) is 2. The van der Waals surface area contributed by atoms with Gasteiger partial charge in [0.1, 0.15) is 10.3 Å². The van der Waals surface area contributed by atoms with Crippen LogP contribution in [0.4, 0.5) is 4.39 Å². The zero-order valence-electron chi connectivity index (χ0n) is 5.34. The molecule has 1 rings (SSSR count). The Morgan fingerprint density at radius 1 is 1.64 bits per heavy atom. The van der Waals surface area contributed by atoms with Crippen molar-refractivity contribution in [2.45, 2.75) is 0 Å². The van der Waals surface area contributed by atoms with Crippen LogP contribution >= 0.6 is 15.9 Å². The predicted octanol–water partition coefficient (Wildman–Crippen LogP) is 1.08. The van der Waals surface area contributed by atoms with Crippen molar-refractivity contribution in [1.82, 2.24) is 4.98 Å². The maximum absolute atomic E-state index is 12.5. The summed E-state index contributed by atoms with van der Waals surface area (Å²) in [5.41, 5.74) is 4.93. The Balaban J connectivity index is 3.15. The van der Waals surface area contributed by atoms with Gasteiger partial charge in [0.25, 0.3) is 5.91 Å². The summed E-state index contributed by atoms with van der Waals surface area (Å²) in [5, 5.41) is 0. The zero-order chi connectivity index (χ0) is 8.43. The molecule has 0 saturated carbocycles. The molecule has 3 nitrogen and oxygen atoms in total. The van der Waals surface area contributed by atoms with Gasteiger partial charge in [-0.2, -0.15) is 0 Å². The van der Waals surface area contributed by atoms with E-state index in [1.165, 1.54) is 6.07 Å². The van der Waals surface area contributed by atoms with Gasteiger partial charge in [-0.25, -0.2) is 9.37 Å². The van der Waals surface area contributed by atoms with E-state index in [0.29, 0.717) is 0 Å². The summed E-state index contributed by atoms with van der Waals surface area (Å²) >= 11 is 2.82.